The van der Waals surface area contributed by atoms with Crippen LogP contribution in [-0.4, -0.2) is 12.1 Å². The molecule has 1 aromatic heterocycles. The quantitative estimate of drug-likeness (QED) is 0.935. The smallest absolute Gasteiger partial charge is 0.137 e. The maximum absolute atomic E-state index is 6.65. The number of hydrogen-bond acceptors (Lipinski definition) is 3. The van der Waals surface area contributed by atoms with Crippen molar-refractivity contribution in [1.82, 2.24) is 4.98 Å². The van der Waals surface area contributed by atoms with Gasteiger partial charge in [-0.3, -0.25) is 4.98 Å². The van der Waals surface area contributed by atoms with Crippen LogP contribution >= 0.6 is 0 Å². The molecule has 1 aromatic carbocycles. The van der Waals surface area contributed by atoms with Gasteiger partial charge in [-0.2, -0.15) is 0 Å². The Morgan fingerprint density at radius 1 is 1.14 bits per heavy atom. The Balaban J connectivity index is 1.74. The molecule has 0 atom stereocenters. The SMILES string of the molecule is COc1cncc(C2(N)CCC(c3ccccc3)CC2)c1. The van der Waals surface area contributed by atoms with E-state index in [9.17, 15) is 0 Å². The van der Waals surface area contributed by atoms with Gasteiger partial charge in [-0.05, 0) is 48.8 Å². The normalized spacial score (nSPS) is 25.5. The van der Waals surface area contributed by atoms with Crippen LogP contribution in [0.25, 0.3) is 0 Å². The van der Waals surface area contributed by atoms with Gasteiger partial charge in [-0.15, -0.1) is 0 Å². The number of nitrogens with zero attached hydrogens (tertiary/aromatic N) is 1. The summed E-state index contributed by atoms with van der Waals surface area (Å²) in [5.74, 6) is 1.41. The van der Waals surface area contributed by atoms with Gasteiger partial charge in [0.15, 0.2) is 0 Å². The monoisotopic (exact) mass is 282 g/mol. The van der Waals surface area contributed by atoms with Crippen LogP contribution in [0.15, 0.2) is 48.8 Å². The third-order valence-electron chi connectivity index (χ3n) is 4.67. The standard InChI is InChI=1S/C18H22N2O/c1-21-17-11-16(12-20-13-17)18(19)9-7-15(8-10-18)14-5-3-2-4-6-14/h2-6,11-13,15H,7-10,19H2,1H3. The van der Waals surface area contributed by atoms with Crippen molar-refractivity contribution < 1.29 is 4.74 Å². The molecule has 1 heterocycles. The van der Waals surface area contributed by atoms with Crippen molar-refractivity contribution in [3.05, 3.63) is 59.9 Å². The van der Waals surface area contributed by atoms with E-state index in [2.05, 4.69) is 35.3 Å². The molecule has 1 fully saturated rings. The number of pyridine rings is 1. The van der Waals surface area contributed by atoms with E-state index < -0.39 is 0 Å². The molecule has 0 aliphatic heterocycles. The van der Waals surface area contributed by atoms with Crippen LogP contribution < -0.4 is 10.5 Å². The van der Waals surface area contributed by atoms with Gasteiger partial charge in [0.2, 0.25) is 0 Å². The van der Waals surface area contributed by atoms with Crippen LogP contribution in [0.3, 0.4) is 0 Å². The zero-order valence-corrected chi connectivity index (χ0v) is 12.5. The van der Waals surface area contributed by atoms with E-state index in [1.165, 1.54) is 5.56 Å². The van der Waals surface area contributed by atoms with Crippen LogP contribution in [0.1, 0.15) is 42.7 Å². The van der Waals surface area contributed by atoms with Gasteiger partial charge in [0, 0.05) is 11.7 Å². The molecule has 3 rings (SSSR count). The number of benzene rings is 1. The largest absolute Gasteiger partial charge is 0.495 e. The predicted octanol–water partition coefficient (Wildman–Crippen LogP) is 3.60. The molecule has 110 valence electrons. The van der Waals surface area contributed by atoms with Gasteiger partial charge in [0.1, 0.15) is 5.75 Å². The summed E-state index contributed by atoms with van der Waals surface area (Å²) in [7, 11) is 1.66. The van der Waals surface area contributed by atoms with E-state index >= 15 is 0 Å². The van der Waals surface area contributed by atoms with E-state index in [-0.39, 0.29) is 5.54 Å². The first-order chi connectivity index (χ1) is 10.2. The summed E-state index contributed by atoms with van der Waals surface area (Å²) in [6.07, 6.45) is 7.83. The van der Waals surface area contributed by atoms with E-state index in [1.54, 1.807) is 13.3 Å². The summed E-state index contributed by atoms with van der Waals surface area (Å²) >= 11 is 0. The van der Waals surface area contributed by atoms with Crippen molar-refractivity contribution in [3.8, 4) is 5.75 Å². The average Bonchev–Trinajstić information content (AvgIpc) is 2.56. The van der Waals surface area contributed by atoms with Crippen molar-refractivity contribution in [2.24, 2.45) is 5.73 Å². The third-order valence-corrected chi connectivity index (χ3v) is 4.67. The third kappa shape index (κ3) is 2.93. The van der Waals surface area contributed by atoms with Gasteiger partial charge in [0.25, 0.3) is 0 Å². The molecule has 3 heteroatoms. The predicted molar refractivity (Wildman–Crippen MR) is 84.3 cm³/mol. The minimum Gasteiger partial charge on any atom is -0.495 e. The van der Waals surface area contributed by atoms with Gasteiger partial charge in [-0.1, -0.05) is 30.3 Å². The minimum absolute atomic E-state index is 0.271. The summed E-state index contributed by atoms with van der Waals surface area (Å²) in [6.45, 7) is 0. The summed E-state index contributed by atoms with van der Waals surface area (Å²) in [5, 5.41) is 0. The molecular formula is C18H22N2O. The van der Waals surface area contributed by atoms with Crippen molar-refractivity contribution >= 4 is 0 Å². The summed E-state index contributed by atoms with van der Waals surface area (Å²) < 4.78 is 5.26. The first-order valence-corrected chi connectivity index (χ1v) is 7.55. The summed E-state index contributed by atoms with van der Waals surface area (Å²) in [4.78, 5) is 4.25. The van der Waals surface area contributed by atoms with Gasteiger partial charge in [0.05, 0.1) is 13.3 Å². The zero-order valence-electron chi connectivity index (χ0n) is 12.5. The Hall–Kier alpha value is -1.87. The molecule has 0 radical (unpaired) electrons. The Morgan fingerprint density at radius 2 is 1.86 bits per heavy atom. The highest BCUT2D eigenvalue weighted by molar-refractivity contribution is 5.30. The van der Waals surface area contributed by atoms with Gasteiger partial charge >= 0.3 is 0 Å². The topological polar surface area (TPSA) is 48.1 Å². The van der Waals surface area contributed by atoms with Crippen molar-refractivity contribution in [1.29, 1.82) is 0 Å². The first kappa shape index (κ1) is 14.1. The molecule has 0 saturated heterocycles. The Kier molecular flexibility index (Phi) is 3.93. The molecule has 2 N–H and O–H groups in total. The van der Waals surface area contributed by atoms with Crippen LogP contribution in [0.2, 0.25) is 0 Å². The lowest BCUT2D eigenvalue weighted by molar-refractivity contribution is 0.275. The van der Waals surface area contributed by atoms with Crippen LogP contribution in [0, 0.1) is 0 Å². The van der Waals surface area contributed by atoms with Crippen LogP contribution in [0.5, 0.6) is 5.75 Å². The average molecular weight is 282 g/mol. The van der Waals surface area contributed by atoms with Crippen molar-refractivity contribution in [2.75, 3.05) is 7.11 Å². The van der Waals surface area contributed by atoms with Crippen molar-refractivity contribution in [2.45, 2.75) is 37.1 Å². The molecule has 0 amide bonds. The Labute approximate surface area is 126 Å². The molecule has 21 heavy (non-hydrogen) atoms. The fraction of sp³-hybridized carbons (Fsp3) is 0.389. The Bertz CT molecular complexity index is 589. The molecule has 1 aliphatic rings. The lowest BCUT2D eigenvalue weighted by atomic mass is 9.72. The van der Waals surface area contributed by atoms with Crippen LogP contribution in [0.4, 0.5) is 0 Å². The van der Waals surface area contributed by atoms with E-state index in [0.717, 1.165) is 37.0 Å². The molecule has 1 saturated carbocycles. The van der Waals surface area contributed by atoms with Gasteiger partial charge < -0.3 is 10.5 Å². The molecular weight excluding hydrogens is 260 g/mol. The Morgan fingerprint density at radius 3 is 2.52 bits per heavy atom. The number of rotatable bonds is 3. The van der Waals surface area contributed by atoms with E-state index in [1.807, 2.05) is 12.3 Å². The summed E-state index contributed by atoms with van der Waals surface area (Å²) in [5.41, 5.74) is 8.90. The van der Waals surface area contributed by atoms with Crippen LogP contribution in [-0.2, 0) is 5.54 Å². The maximum atomic E-state index is 6.65. The number of hydrogen-bond donors (Lipinski definition) is 1. The fourth-order valence-corrected chi connectivity index (χ4v) is 3.28. The molecule has 0 spiro atoms. The second-order valence-corrected chi connectivity index (χ2v) is 5.95. The van der Waals surface area contributed by atoms with E-state index in [4.69, 9.17) is 10.5 Å². The lowest BCUT2D eigenvalue weighted by Crippen LogP contribution is -2.40. The molecule has 0 unspecified atom stereocenters. The number of aromatic nitrogens is 1. The fourth-order valence-electron chi connectivity index (χ4n) is 3.28. The highest BCUT2D eigenvalue weighted by Crippen LogP contribution is 2.42. The molecule has 3 nitrogen and oxygen atoms in total. The summed E-state index contributed by atoms with van der Waals surface area (Å²) in [6, 6.07) is 12.8. The molecule has 2 aromatic rings. The minimum atomic E-state index is -0.271. The first-order valence-electron chi connectivity index (χ1n) is 7.55. The number of methoxy groups -OCH3 is 1. The second-order valence-electron chi connectivity index (χ2n) is 5.95. The van der Waals surface area contributed by atoms with E-state index in [0.29, 0.717) is 5.92 Å². The molecule has 0 bridgehead atoms. The highest BCUT2D eigenvalue weighted by Gasteiger charge is 2.34. The number of ether oxygens (including phenoxy) is 1. The zero-order chi connectivity index (χ0) is 14.7. The van der Waals surface area contributed by atoms with Gasteiger partial charge in [-0.25, -0.2) is 0 Å². The maximum Gasteiger partial charge on any atom is 0.137 e. The highest BCUT2D eigenvalue weighted by atomic mass is 16.5. The number of nitrogens with two attached hydrogens (primary N) is 1. The van der Waals surface area contributed by atoms with Crippen molar-refractivity contribution in [3.63, 3.8) is 0 Å². The lowest BCUT2D eigenvalue weighted by Gasteiger charge is -2.37. The second kappa shape index (κ2) is 5.86. The molecule has 1 aliphatic carbocycles.